The molecule has 0 aliphatic heterocycles. The van der Waals surface area contributed by atoms with Gasteiger partial charge >= 0.3 is 0 Å². The van der Waals surface area contributed by atoms with Crippen LogP contribution in [-0.2, 0) is 6.54 Å². The number of hydrogen-bond donors (Lipinski definition) is 1. The summed E-state index contributed by atoms with van der Waals surface area (Å²) >= 11 is 0. The third-order valence-corrected chi connectivity index (χ3v) is 2.33. The Hall–Kier alpha value is -1.68. The minimum Gasteiger partial charge on any atom is -0.444 e. The second-order valence-electron chi connectivity index (χ2n) is 3.63. The summed E-state index contributed by atoms with van der Waals surface area (Å²) in [5, 5.41) is 2.99. The van der Waals surface area contributed by atoms with Gasteiger partial charge in [-0.25, -0.2) is 9.37 Å². The van der Waals surface area contributed by atoms with Crippen LogP contribution in [0.4, 0.5) is 4.39 Å². The second-order valence-corrected chi connectivity index (χ2v) is 3.63. The van der Waals surface area contributed by atoms with E-state index in [1.807, 2.05) is 14.0 Å². The molecule has 1 N–H and O–H groups in total. The molecule has 0 spiro atoms. The fourth-order valence-corrected chi connectivity index (χ4v) is 1.56. The molecule has 84 valence electrons. The molecule has 1 aromatic heterocycles. The Kier molecular flexibility index (Phi) is 3.01. The van der Waals surface area contributed by atoms with E-state index in [0.717, 1.165) is 16.8 Å². The normalized spacial score (nSPS) is 10.7. The summed E-state index contributed by atoms with van der Waals surface area (Å²) in [6, 6.07) is 4.56. The lowest BCUT2D eigenvalue weighted by Crippen LogP contribution is -2.04. The molecule has 4 heteroatoms. The van der Waals surface area contributed by atoms with E-state index in [9.17, 15) is 4.39 Å². The number of oxazole rings is 1. The van der Waals surface area contributed by atoms with E-state index in [4.69, 9.17) is 4.42 Å². The molecule has 0 fully saturated rings. The van der Waals surface area contributed by atoms with Crippen LogP contribution in [0.25, 0.3) is 11.5 Å². The number of halogens is 1. The van der Waals surface area contributed by atoms with Gasteiger partial charge in [-0.2, -0.15) is 0 Å². The monoisotopic (exact) mass is 220 g/mol. The van der Waals surface area contributed by atoms with E-state index in [1.54, 1.807) is 12.3 Å². The van der Waals surface area contributed by atoms with Gasteiger partial charge in [-0.05, 0) is 37.7 Å². The van der Waals surface area contributed by atoms with Crippen molar-refractivity contribution in [1.29, 1.82) is 0 Å². The molecule has 0 atom stereocenters. The van der Waals surface area contributed by atoms with Crippen molar-refractivity contribution >= 4 is 0 Å². The minimum atomic E-state index is -0.247. The molecule has 0 aliphatic carbocycles. The Morgan fingerprint density at radius 3 is 2.94 bits per heavy atom. The number of nitrogens with one attached hydrogen (secondary N) is 1. The molecule has 0 unspecified atom stereocenters. The van der Waals surface area contributed by atoms with Crippen molar-refractivity contribution in [1.82, 2.24) is 10.3 Å². The van der Waals surface area contributed by atoms with Crippen LogP contribution in [0.3, 0.4) is 0 Å². The highest BCUT2D eigenvalue weighted by Crippen LogP contribution is 2.23. The first-order valence-corrected chi connectivity index (χ1v) is 5.06. The number of nitrogens with zero attached hydrogens (tertiary/aromatic N) is 1. The average Bonchev–Trinajstić information content (AvgIpc) is 2.67. The van der Waals surface area contributed by atoms with E-state index in [2.05, 4.69) is 10.3 Å². The lowest BCUT2D eigenvalue weighted by Gasteiger charge is -2.00. The smallest absolute Gasteiger partial charge is 0.226 e. The van der Waals surface area contributed by atoms with Gasteiger partial charge < -0.3 is 9.73 Å². The fraction of sp³-hybridized carbons (Fsp3) is 0.250. The standard InChI is InChI=1S/C12H13FN2O/c1-8-5-9(13)3-4-11(8)12-15-10(6-14-2)7-16-12/h3-5,7,14H,6H2,1-2H3. The number of rotatable bonds is 3. The quantitative estimate of drug-likeness (QED) is 0.863. The maximum Gasteiger partial charge on any atom is 0.226 e. The Labute approximate surface area is 93.3 Å². The molecule has 0 saturated carbocycles. The van der Waals surface area contributed by atoms with Gasteiger partial charge in [0.1, 0.15) is 12.1 Å². The lowest BCUT2D eigenvalue weighted by molar-refractivity contribution is 0.570. The van der Waals surface area contributed by atoms with Crippen molar-refractivity contribution in [2.45, 2.75) is 13.5 Å². The van der Waals surface area contributed by atoms with Crippen molar-refractivity contribution in [3.8, 4) is 11.5 Å². The van der Waals surface area contributed by atoms with Crippen molar-refractivity contribution in [2.75, 3.05) is 7.05 Å². The summed E-state index contributed by atoms with van der Waals surface area (Å²) in [6.07, 6.45) is 1.61. The first-order valence-electron chi connectivity index (χ1n) is 5.06. The Balaban J connectivity index is 2.35. The Morgan fingerprint density at radius 2 is 2.25 bits per heavy atom. The zero-order valence-corrected chi connectivity index (χ0v) is 9.25. The Bertz CT molecular complexity index is 494. The highest BCUT2D eigenvalue weighted by Gasteiger charge is 2.09. The fourth-order valence-electron chi connectivity index (χ4n) is 1.56. The molecule has 16 heavy (non-hydrogen) atoms. The van der Waals surface area contributed by atoms with E-state index in [1.165, 1.54) is 12.1 Å². The van der Waals surface area contributed by atoms with Crippen LogP contribution in [0.5, 0.6) is 0 Å². The van der Waals surface area contributed by atoms with E-state index >= 15 is 0 Å². The van der Waals surface area contributed by atoms with Crippen molar-refractivity contribution < 1.29 is 8.81 Å². The van der Waals surface area contributed by atoms with Gasteiger partial charge in [-0.15, -0.1) is 0 Å². The van der Waals surface area contributed by atoms with E-state index in [-0.39, 0.29) is 5.82 Å². The molecule has 2 aromatic rings. The highest BCUT2D eigenvalue weighted by molar-refractivity contribution is 5.58. The molecule has 0 amide bonds. The summed E-state index contributed by atoms with van der Waals surface area (Å²) in [6.45, 7) is 2.49. The van der Waals surface area contributed by atoms with Crippen LogP contribution >= 0.6 is 0 Å². The molecule has 1 aromatic carbocycles. The molecular formula is C12H13FN2O. The van der Waals surface area contributed by atoms with Crippen LogP contribution in [0.15, 0.2) is 28.9 Å². The number of aryl methyl sites for hydroxylation is 1. The van der Waals surface area contributed by atoms with Crippen LogP contribution in [0.1, 0.15) is 11.3 Å². The molecular weight excluding hydrogens is 207 g/mol. The molecule has 2 rings (SSSR count). The topological polar surface area (TPSA) is 38.1 Å². The third-order valence-electron chi connectivity index (χ3n) is 2.33. The first kappa shape index (κ1) is 10.8. The zero-order valence-electron chi connectivity index (χ0n) is 9.25. The molecule has 3 nitrogen and oxygen atoms in total. The van der Waals surface area contributed by atoms with Crippen molar-refractivity contribution in [3.05, 3.63) is 41.5 Å². The molecule has 0 aliphatic rings. The maximum absolute atomic E-state index is 12.9. The number of benzene rings is 1. The predicted molar refractivity (Wildman–Crippen MR) is 59.4 cm³/mol. The number of aromatic nitrogens is 1. The SMILES string of the molecule is CNCc1coc(-c2ccc(F)cc2C)n1. The second kappa shape index (κ2) is 4.45. The number of hydrogen-bond acceptors (Lipinski definition) is 3. The minimum absolute atomic E-state index is 0.247. The van der Waals surface area contributed by atoms with Gasteiger partial charge in [0, 0.05) is 12.1 Å². The van der Waals surface area contributed by atoms with Gasteiger partial charge in [-0.3, -0.25) is 0 Å². The highest BCUT2D eigenvalue weighted by atomic mass is 19.1. The van der Waals surface area contributed by atoms with E-state index in [0.29, 0.717) is 12.4 Å². The van der Waals surface area contributed by atoms with Gasteiger partial charge in [0.05, 0.1) is 5.69 Å². The first-order chi connectivity index (χ1) is 7.70. The third kappa shape index (κ3) is 2.12. The summed E-state index contributed by atoms with van der Waals surface area (Å²) in [5.74, 6) is 0.283. The van der Waals surface area contributed by atoms with Gasteiger partial charge in [0.25, 0.3) is 0 Å². The molecule has 0 bridgehead atoms. The maximum atomic E-state index is 12.9. The van der Waals surface area contributed by atoms with Crippen molar-refractivity contribution in [3.63, 3.8) is 0 Å². The predicted octanol–water partition coefficient (Wildman–Crippen LogP) is 2.51. The van der Waals surface area contributed by atoms with Gasteiger partial charge in [-0.1, -0.05) is 0 Å². The summed E-state index contributed by atoms with van der Waals surface area (Å²) in [7, 11) is 1.84. The van der Waals surface area contributed by atoms with Crippen LogP contribution in [0.2, 0.25) is 0 Å². The zero-order chi connectivity index (χ0) is 11.5. The molecule has 1 heterocycles. The van der Waals surface area contributed by atoms with Crippen LogP contribution in [-0.4, -0.2) is 12.0 Å². The van der Waals surface area contributed by atoms with Crippen LogP contribution < -0.4 is 5.32 Å². The largest absolute Gasteiger partial charge is 0.444 e. The summed E-state index contributed by atoms with van der Waals surface area (Å²) in [5.41, 5.74) is 2.47. The lowest BCUT2D eigenvalue weighted by atomic mass is 10.1. The van der Waals surface area contributed by atoms with E-state index < -0.39 is 0 Å². The molecule has 0 saturated heterocycles. The Morgan fingerprint density at radius 1 is 1.44 bits per heavy atom. The van der Waals surface area contributed by atoms with Gasteiger partial charge in [0.15, 0.2) is 0 Å². The van der Waals surface area contributed by atoms with Crippen LogP contribution in [0, 0.1) is 12.7 Å². The average molecular weight is 220 g/mol. The molecule has 0 radical (unpaired) electrons. The van der Waals surface area contributed by atoms with Gasteiger partial charge in [0.2, 0.25) is 5.89 Å². The summed E-state index contributed by atoms with van der Waals surface area (Å²) < 4.78 is 18.3. The van der Waals surface area contributed by atoms with Crippen molar-refractivity contribution in [2.24, 2.45) is 0 Å². The summed E-state index contributed by atoms with van der Waals surface area (Å²) in [4.78, 5) is 4.31.